The summed E-state index contributed by atoms with van der Waals surface area (Å²) in [6, 6.07) is 7.54. The molecule has 3 amide bonds. The molecule has 0 bridgehead atoms. The van der Waals surface area contributed by atoms with Crippen LogP contribution in [0.1, 0.15) is 90.6 Å². The van der Waals surface area contributed by atoms with E-state index in [4.69, 9.17) is 14.5 Å². The van der Waals surface area contributed by atoms with E-state index in [1.54, 1.807) is 16.7 Å². The second-order valence-corrected chi connectivity index (χ2v) is 14.1. The quantitative estimate of drug-likeness (QED) is 0.249. The Morgan fingerprint density at radius 3 is 2.56 bits per heavy atom. The Labute approximate surface area is 260 Å². The molecular formula is C33H48N4O5S. The molecule has 2 fully saturated rings. The maximum atomic E-state index is 14.3. The highest BCUT2D eigenvalue weighted by atomic mass is 32.2. The number of fused-ring (bicyclic) bond motifs is 1. The van der Waals surface area contributed by atoms with Crippen LogP contribution in [-0.2, 0) is 9.53 Å². The number of aromatic nitrogens is 1. The summed E-state index contributed by atoms with van der Waals surface area (Å²) in [6.45, 7) is 13.3. The summed E-state index contributed by atoms with van der Waals surface area (Å²) in [5, 5.41) is 3.78. The number of ether oxygens (including phenoxy) is 2. The first-order valence-corrected chi connectivity index (χ1v) is 16.7. The zero-order chi connectivity index (χ0) is 31.1. The van der Waals surface area contributed by atoms with Gasteiger partial charge >= 0.3 is 6.09 Å². The molecule has 0 radical (unpaired) electrons. The zero-order valence-corrected chi connectivity index (χ0v) is 27.4. The SMILES string of the molecule is CC(=O)NCCSc1cc(C(=O)N(C(C)C)C2CCCN(C(=O)OC(C)(C)C)C2)nc2c(OCC3CCCC3)cccc12. The Morgan fingerprint density at radius 1 is 1.14 bits per heavy atom. The number of carbonyl (C=O) groups is 3. The first kappa shape index (κ1) is 32.9. The number of hydrogen-bond donors (Lipinski definition) is 1. The number of amides is 3. The third-order valence-electron chi connectivity index (χ3n) is 7.90. The van der Waals surface area contributed by atoms with E-state index in [1.807, 2.05) is 63.8 Å². The molecule has 1 aliphatic carbocycles. The molecule has 1 saturated carbocycles. The summed E-state index contributed by atoms with van der Waals surface area (Å²) in [5.41, 5.74) is 0.448. The molecule has 1 aliphatic heterocycles. The third-order valence-corrected chi connectivity index (χ3v) is 8.96. The lowest BCUT2D eigenvalue weighted by Gasteiger charge is -2.41. The molecule has 1 atom stereocenters. The maximum absolute atomic E-state index is 14.3. The standard InChI is InChI=1S/C33H48N4O5S/c1-22(2)37(25-13-10-17-36(20-25)32(40)42-33(4,5)6)31(39)27-19-29(43-18-16-34-23(3)38)26-14-9-15-28(30(26)35-27)41-21-24-11-7-8-12-24/h9,14-15,19,22,24-25H,7-8,10-13,16-18,20-21H2,1-6H3,(H,34,38). The largest absolute Gasteiger partial charge is 0.491 e. The van der Waals surface area contributed by atoms with Crippen molar-refractivity contribution in [1.82, 2.24) is 20.1 Å². The molecule has 1 aromatic carbocycles. The summed E-state index contributed by atoms with van der Waals surface area (Å²) in [5.74, 6) is 1.65. The number of rotatable bonds is 10. The van der Waals surface area contributed by atoms with Crippen molar-refractivity contribution in [2.24, 2.45) is 5.92 Å². The van der Waals surface area contributed by atoms with E-state index in [2.05, 4.69) is 5.32 Å². The van der Waals surface area contributed by atoms with Crippen molar-refractivity contribution in [2.45, 2.75) is 103 Å². The number of carbonyl (C=O) groups excluding carboxylic acids is 3. The van der Waals surface area contributed by atoms with Crippen LogP contribution in [0.4, 0.5) is 4.79 Å². The van der Waals surface area contributed by atoms with Gasteiger partial charge in [-0.25, -0.2) is 9.78 Å². The molecular weight excluding hydrogens is 564 g/mol. The minimum atomic E-state index is -0.585. The van der Waals surface area contributed by atoms with Crippen molar-refractivity contribution >= 4 is 40.6 Å². The molecule has 2 aliphatic rings. The summed E-state index contributed by atoms with van der Waals surface area (Å²) in [4.78, 5) is 48.1. The van der Waals surface area contributed by atoms with Gasteiger partial charge in [0.25, 0.3) is 5.91 Å². The van der Waals surface area contributed by atoms with Crippen molar-refractivity contribution in [3.8, 4) is 5.75 Å². The van der Waals surface area contributed by atoms with Crippen molar-refractivity contribution in [3.63, 3.8) is 0 Å². The van der Waals surface area contributed by atoms with E-state index < -0.39 is 5.60 Å². The van der Waals surface area contributed by atoms with E-state index in [0.29, 0.717) is 54.9 Å². The summed E-state index contributed by atoms with van der Waals surface area (Å²) < 4.78 is 12.0. The summed E-state index contributed by atoms with van der Waals surface area (Å²) in [7, 11) is 0. The van der Waals surface area contributed by atoms with Crippen LogP contribution < -0.4 is 10.1 Å². The Balaban J connectivity index is 1.64. The van der Waals surface area contributed by atoms with Gasteiger partial charge in [0.05, 0.1) is 12.6 Å². The highest BCUT2D eigenvalue weighted by Crippen LogP contribution is 2.35. The van der Waals surface area contributed by atoms with E-state index in [9.17, 15) is 14.4 Å². The monoisotopic (exact) mass is 612 g/mol. The smallest absolute Gasteiger partial charge is 0.410 e. The molecule has 1 saturated heterocycles. The third kappa shape index (κ3) is 9.00. The van der Waals surface area contributed by atoms with Crippen molar-refractivity contribution in [1.29, 1.82) is 0 Å². The first-order valence-electron chi connectivity index (χ1n) is 15.7. The number of benzene rings is 1. The van der Waals surface area contributed by atoms with Crippen LogP contribution in [0.2, 0.25) is 0 Å². The highest BCUT2D eigenvalue weighted by Gasteiger charge is 2.35. The average molecular weight is 613 g/mol. The first-order chi connectivity index (χ1) is 20.4. The molecule has 2 heterocycles. The van der Waals surface area contributed by atoms with Gasteiger partial charge < -0.3 is 24.6 Å². The van der Waals surface area contributed by atoms with Crippen LogP contribution in [0, 0.1) is 5.92 Å². The number of pyridine rings is 1. The number of hydrogen-bond acceptors (Lipinski definition) is 7. The van der Waals surface area contributed by atoms with E-state index in [0.717, 1.165) is 23.1 Å². The Kier molecular flexibility index (Phi) is 11.2. The van der Waals surface area contributed by atoms with Gasteiger partial charge in [0, 0.05) is 48.6 Å². The van der Waals surface area contributed by atoms with E-state index in [-0.39, 0.29) is 30.0 Å². The Morgan fingerprint density at radius 2 is 1.88 bits per heavy atom. The van der Waals surface area contributed by atoms with Crippen LogP contribution in [0.15, 0.2) is 29.2 Å². The van der Waals surface area contributed by atoms with Crippen molar-refractivity contribution in [2.75, 3.05) is 32.0 Å². The molecule has 1 unspecified atom stereocenters. The predicted octanol–water partition coefficient (Wildman–Crippen LogP) is 6.28. The fraction of sp³-hybridized carbons (Fsp3) is 0.636. The van der Waals surface area contributed by atoms with Crippen LogP contribution in [0.25, 0.3) is 10.9 Å². The molecule has 0 spiro atoms. The fourth-order valence-corrected chi connectivity index (χ4v) is 6.88. The Bertz CT molecular complexity index is 1290. The normalized spacial score (nSPS) is 17.7. The van der Waals surface area contributed by atoms with Crippen molar-refractivity contribution in [3.05, 3.63) is 30.0 Å². The van der Waals surface area contributed by atoms with Gasteiger partial charge in [-0.15, -0.1) is 11.8 Å². The summed E-state index contributed by atoms with van der Waals surface area (Å²) >= 11 is 1.59. The minimum absolute atomic E-state index is 0.0702. The predicted molar refractivity (Wildman–Crippen MR) is 171 cm³/mol. The number of nitrogens with one attached hydrogen (secondary N) is 1. The maximum Gasteiger partial charge on any atom is 0.410 e. The zero-order valence-electron chi connectivity index (χ0n) is 26.6. The topological polar surface area (TPSA) is 101 Å². The minimum Gasteiger partial charge on any atom is -0.491 e. The van der Waals surface area contributed by atoms with Crippen LogP contribution in [0.3, 0.4) is 0 Å². The molecule has 43 heavy (non-hydrogen) atoms. The molecule has 1 N–H and O–H groups in total. The molecule has 236 valence electrons. The molecule has 1 aromatic heterocycles. The van der Waals surface area contributed by atoms with Crippen LogP contribution in [0.5, 0.6) is 5.75 Å². The average Bonchev–Trinajstić information content (AvgIpc) is 3.47. The van der Waals surface area contributed by atoms with Gasteiger partial charge in [0.15, 0.2) is 0 Å². The number of nitrogens with zero attached hydrogens (tertiary/aromatic N) is 3. The number of piperidine rings is 1. The second kappa shape index (κ2) is 14.6. The number of para-hydroxylation sites is 1. The van der Waals surface area contributed by atoms with Gasteiger partial charge in [-0.2, -0.15) is 0 Å². The van der Waals surface area contributed by atoms with Gasteiger partial charge in [0.2, 0.25) is 5.91 Å². The van der Waals surface area contributed by atoms with Crippen LogP contribution >= 0.6 is 11.8 Å². The fourth-order valence-electron chi connectivity index (χ4n) is 5.94. The lowest BCUT2D eigenvalue weighted by atomic mass is 10.0. The Hall–Kier alpha value is -3.01. The van der Waals surface area contributed by atoms with Gasteiger partial charge in [-0.3, -0.25) is 9.59 Å². The summed E-state index contributed by atoms with van der Waals surface area (Å²) in [6.07, 6.45) is 6.08. The van der Waals surface area contributed by atoms with E-state index in [1.165, 1.54) is 32.6 Å². The second-order valence-electron chi connectivity index (χ2n) is 13.0. The molecule has 10 heteroatoms. The number of likely N-dealkylation sites (tertiary alicyclic amines) is 1. The van der Waals surface area contributed by atoms with Crippen molar-refractivity contribution < 1.29 is 23.9 Å². The molecule has 9 nitrogen and oxygen atoms in total. The lowest BCUT2D eigenvalue weighted by Crippen LogP contribution is -2.54. The highest BCUT2D eigenvalue weighted by molar-refractivity contribution is 7.99. The van der Waals surface area contributed by atoms with Crippen LogP contribution in [-0.4, -0.2) is 82.4 Å². The lowest BCUT2D eigenvalue weighted by molar-refractivity contribution is -0.118. The van der Waals surface area contributed by atoms with Gasteiger partial charge in [0.1, 0.15) is 22.6 Å². The molecule has 4 rings (SSSR count). The van der Waals surface area contributed by atoms with Gasteiger partial charge in [-0.1, -0.05) is 25.0 Å². The van der Waals surface area contributed by atoms with E-state index >= 15 is 0 Å². The number of thioether (sulfide) groups is 1. The van der Waals surface area contributed by atoms with Gasteiger partial charge in [-0.05, 0) is 78.4 Å². The molecule has 2 aromatic rings.